The van der Waals surface area contributed by atoms with Crippen LogP contribution in [-0.2, 0) is 30.7 Å². The molecule has 2 rings (SSSR count). The van der Waals surface area contributed by atoms with Crippen molar-refractivity contribution >= 4 is 23.0 Å². The van der Waals surface area contributed by atoms with E-state index in [1.54, 1.807) is 13.0 Å². The van der Waals surface area contributed by atoms with Crippen LogP contribution in [-0.4, -0.2) is 50.5 Å². The average Bonchev–Trinajstić information content (AvgIpc) is 2.73. The van der Waals surface area contributed by atoms with Crippen LogP contribution in [0.25, 0.3) is 0 Å². The van der Waals surface area contributed by atoms with Crippen molar-refractivity contribution in [2.24, 2.45) is 20.6 Å². The molecule has 1 aromatic carbocycles. The van der Waals surface area contributed by atoms with Gasteiger partial charge in [0.25, 0.3) is 5.90 Å². The minimum Gasteiger partial charge on any atom is -0.470 e. The summed E-state index contributed by atoms with van der Waals surface area (Å²) in [7, 11) is 2.93. The van der Waals surface area contributed by atoms with E-state index in [1.165, 1.54) is 14.2 Å². The maximum absolute atomic E-state index is 5.54. The first-order chi connectivity index (χ1) is 13.7. The van der Waals surface area contributed by atoms with E-state index in [9.17, 15) is 0 Å². The SMILES string of the molecule is C\C=C/C(=N\OC)C(/C)=N/OCc1ccccc1/C(=N\OC)C1=NOCCO1. The summed E-state index contributed by atoms with van der Waals surface area (Å²) in [5.74, 6) is 0.253. The van der Waals surface area contributed by atoms with Gasteiger partial charge in [0.2, 0.25) is 0 Å². The molecule has 1 aliphatic rings. The summed E-state index contributed by atoms with van der Waals surface area (Å²) in [5.41, 5.74) is 3.12. The number of ether oxygens (including phenoxy) is 1. The Morgan fingerprint density at radius 1 is 1.14 bits per heavy atom. The van der Waals surface area contributed by atoms with Crippen LogP contribution >= 0.6 is 0 Å². The van der Waals surface area contributed by atoms with Gasteiger partial charge in [-0.2, -0.15) is 0 Å². The summed E-state index contributed by atoms with van der Waals surface area (Å²) in [6.07, 6.45) is 3.62. The molecule has 0 bridgehead atoms. The third-order valence-electron chi connectivity index (χ3n) is 3.52. The van der Waals surface area contributed by atoms with E-state index in [1.807, 2.05) is 37.3 Å². The van der Waals surface area contributed by atoms with Crippen LogP contribution in [0.3, 0.4) is 0 Å². The summed E-state index contributed by atoms with van der Waals surface area (Å²) < 4.78 is 5.54. The molecule has 150 valence electrons. The van der Waals surface area contributed by atoms with Crippen LogP contribution in [0.1, 0.15) is 25.0 Å². The molecule has 0 aromatic heterocycles. The third kappa shape index (κ3) is 5.83. The molecule has 0 saturated carbocycles. The fourth-order valence-corrected chi connectivity index (χ4v) is 2.31. The summed E-state index contributed by atoms with van der Waals surface area (Å²) in [5, 5.41) is 16.0. The van der Waals surface area contributed by atoms with Crippen molar-refractivity contribution < 1.29 is 24.1 Å². The van der Waals surface area contributed by atoms with E-state index in [-0.39, 0.29) is 12.5 Å². The molecule has 0 amide bonds. The van der Waals surface area contributed by atoms with Crippen LogP contribution in [0.15, 0.2) is 57.0 Å². The summed E-state index contributed by atoms with van der Waals surface area (Å²) in [6.45, 7) is 4.63. The monoisotopic (exact) mass is 388 g/mol. The van der Waals surface area contributed by atoms with Crippen LogP contribution in [0.2, 0.25) is 0 Å². The molecule has 0 N–H and O–H groups in total. The Balaban J connectivity index is 2.21. The minimum atomic E-state index is 0.195. The van der Waals surface area contributed by atoms with Crippen molar-refractivity contribution in [3.63, 3.8) is 0 Å². The highest BCUT2D eigenvalue weighted by Crippen LogP contribution is 2.15. The van der Waals surface area contributed by atoms with Crippen molar-refractivity contribution in [2.75, 3.05) is 27.4 Å². The van der Waals surface area contributed by atoms with Gasteiger partial charge in [-0.25, -0.2) is 0 Å². The molecule has 9 nitrogen and oxygen atoms in total. The van der Waals surface area contributed by atoms with E-state index in [2.05, 4.69) is 20.6 Å². The van der Waals surface area contributed by atoms with Crippen LogP contribution in [0, 0.1) is 0 Å². The molecule has 0 unspecified atom stereocenters. The number of rotatable bonds is 9. The Morgan fingerprint density at radius 2 is 1.93 bits per heavy atom. The Kier molecular flexibility index (Phi) is 8.51. The largest absolute Gasteiger partial charge is 0.470 e. The quantitative estimate of drug-likeness (QED) is 0.479. The maximum Gasteiger partial charge on any atom is 0.280 e. The van der Waals surface area contributed by atoms with Crippen LogP contribution in [0.5, 0.6) is 0 Å². The Labute approximate surface area is 163 Å². The first-order valence-corrected chi connectivity index (χ1v) is 8.64. The molecule has 0 aliphatic carbocycles. The minimum absolute atomic E-state index is 0.195. The molecule has 1 aliphatic heterocycles. The molecule has 0 atom stereocenters. The number of hydrogen-bond acceptors (Lipinski definition) is 9. The van der Waals surface area contributed by atoms with Gasteiger partial charge in [-0.1, -0.05) is 45.8 Å². The third-order valence-corrected chi connectivity index (χ3v) is 3.52. The molecule has 0 saturated heterocycles. The van der Waals surface area contributed by atoms with Crippen molar-refractivity contribution in [3.05, 3.63) is 47.5 Å². The van der Waals surface area contributed by atoms with Gasteiger partial charge >= 0.3 is 0 Å². The zero-order chi connectivity index (χ0) is 20.2. The molecule has 28 heavy (non-hydrogen) atoms. The first kappa shape index (κ1) is 20.9. The van der Waals surface area contributed by atoms with Crippen molar-refractivity contribution in [1.29, 1.82) is 0 Å². The van der Waals surface area contributed by atoms with E-state index in [0.717, 1.165) is 11.1 Å². The van der Waals surface area contributed by atoms with Gasteiger partial charge < -0.3 is 24.1 Å². The van der Waals surface area contributed by atoms with Gasteiger partial charge in [0, 0.05) is 11.1 Å². The predicted molar refractivity (Wildman–Crippen MR) is 106 cm³/mol. The maximum atomic E-state index is 5.54. The predicted octanol–water partition coefficient (Wildman–Crippen LogP) is 2.87. The summed E-state index contributed by atoms with van der Waals surface area (Å²) >= 11 is 0. The molecule has 0 radical (unpaired) electrons. The lowest BCUT2D eigenvalue weighted by Gasteiger charge is -2.16. The van der Waals surface area contributed by atoms with Gasteiger partial charge in [-0.3, -0.25) is 0 Å². The Bertz CT molecular complexity index is 799. The number of benzene rings is 1. The zero-order valence-corrected chi connectivity index (χ0v) is 16.4. The molecule has 1 heterocycles. The van der Waals surface area contributed by atoms with E-state index >= 15 is 0 Å². The molecule has 0 spiro atoms. The summed E-state index contributed by atoms with van der Waals surface area (Å²) in [4.78, 5) is 20.4. The second kappa shape index (κ2) is 11.4. The highest BCUT2D eigenvalue weighted by Gasteiger charge is 2.21. The van der Waals surface area contributed by atoms with Gasteiger partial charge in [-0.05, 0) is 25.1 Å². The highest BCUT2D eigenvalue weighted by molar-refractivity contribution is 6.46. The second-order valence-corrected chi connectivity index (χ2v) is 5.47. The number of nitrogens with zero attached hydrogens (tertiary/aromatic N) is 4. The zero-order valence-electron chi connectivity index (χ0n) is 16.4. The number of allylic oxidation sites excluding steroid dienone is 2. The van der Waals surface area contributed by atoms with Gasteiger partial charge in [-0.15, -0.1) is 0 Å². The Morgan fingerprint density at radius 3 is 2.61 bits per heavy atom. The number of hydrogen-bond donors (Lipinski definition) is 0. The fraction of sp³-hybridized carbons (Fsp3) is 0.368. The smallest absolute Gasteiger partial charge is 0.280 e. The standard InChI is InChI=1S/C19H24N4O5/c1-5-8-17(21-24-3)14(2)20-28-13-15-9-6-7-10-16(15)18(22-25-4)19-23-27-12-11-26-19/h5-10H,11-13H2,1-4H3/b8-5-,20-14+,21-17+,22-18+. The van der Waals surface area contributed by atoms with E-state index in [4.69, 9.17) is 24.1 Å². The van der Waals surface area contributed by atoms with Crippen LogP contribution in [0.4, 0.5) is 0 Å². The molecule has 9 heteroatoms. The average molecular weight is 388 g/mol. The highest BCUT2D eigenvalue weighted by atomic mass is 16.7. The lowest BCUT2D eigenvalue weighted by Crippen LogP contribution is -2.26. The second-order valence-electron chi connectivity index (χ2n) is 5.47. The first-order valence-electron chi connectivity index (χ1n) is 8.64. The van der Waals surface area contributed by atoms with Crippen molar-refractivity contribution in [1.82, 2.24) is 0 Å². The van der Waals surface area contributed by atoms with Crippen molar-refractivity contribution in [3.8, 4) is 0 Å². The van der Waals surface area contributed by atoms with Gasteiger partial charge in [0.05, 0.1) is 0 Å². The lowest BCUT2D eigenvalue weighted by molar-refractivity contribution is 0.0672. The molecule has 1 aromatic rings. The lowest BCUT2D eigenvalue weighted by atomic mass is 10.0. The normalized spacial score (nSPS) is 15.6. The molecular weight excluding hydrogens is 364 g/mol. The Hall–Kier alpha value is -3.36. The van der Waals surface area contributed by atoms with Gasteiger partial charge in [0.15, 0.2) is 12.3 Å². The van der Waals surface area contributed by atoms with Gasteiger partial charge in [0.1, 0.15) is 38.9 Å². The van der Waals surface area contributed by atoms with E-state index in [0.29, 0.717) is 30.3 Å². The fourth-order valence-electron chi connectivity index (χ4n) is 2.31. The topological polar surface area (TPSA) is 95.6 Å². The molecule has 0 fully saturated rings. The van der Waals surface area contributed by atoms with Crippen molar-refractivity contribution in [2.45, 2.75) is 20.5 Å². The van der Waals surface area contributed by atoms with Crippen LogP contribution < -0.4 is 0 Å². The van der Waals surface area contributed by atoms with E-state index < -0.39 is 0 Å². The molecular formula is C19H24N4O5. The number of oxime groups is 4. The summed E-state index contributed by atoms with van der Waals surface area (Å²) in [6, 6.07) is 7.52.